The minimum Gasteiger partial charge on any atom is -0.352 e. The van der Waals surface area contributed by atoms with Gasteiger partial charge in [-0.2, -0.15) is 0 Å². The average Bonchev–Trinajstić information content (AvgIpc) is 3.34. The van der Waals surface area contributed by atoms with Gasteiger partial charge in [-0.15, -0.1) is 11.3 Å². The van der Waals surface area contributed by atoms with Gasteiger partial charge in [-0.1, -0.05) is 42.3 Å². The minimum absolute atomic E-state index is 0.0454. The Morgan fingerprint density at radius 3 is 2.68 bits per heavy atom. The molecular weight excluding hydrogens is 472 g/mol. The largest absolute Gasteiger partial charge is 0.352 e. The summed E-state index contributed by atoms with van der Waals surface area (Å²) in [7, 11) is 0. The molecule has 0 bridgehead atoms. The molecule has 0 spiro atoms. The first-order chi connectivity index (χ1) is 16.5. The summed E-state index contributed by atoms with van der Waals surface area (Å²) >= 11 is 7.46. The summed E-state index contributed by atoms with van der Waals surface area (Å²) in [6, 6.07) is 13.0. The molecule has 0 unspecified atom stereocenters. The summed E-state index contributed by atoms with van der Waals surface area (Å²) in [5.74, 6) is -0.0454. The van der Waals surface area contributed by atoms with Gasteiger partial charge >= 0.3 is 5.69 Å². The maximum atomic E-state index is 13.2. The summed E-state index contributed by atoms with van der Waals surface area (Å²) in [5, 5.41) is 5.34. The van der Waals surface area contributed by atoms with Crippen LogP contribution in [0.5, 0.6) is 0 Å². The zero-order valence-electron chi connectivity index (χ0n) is 18.6. The van der Waals surface area contributed by atoms with Crippen molar-refractivity contribution in [1.29, 1.82) is 0 Å². The van der Waals surface area contributed by atoms with E-state index < -0.39 is 0 Å². The molecule has 0 aliphatic carbocycles. The lowest BCUT2D eigenvalue weighted by Crippen LogP contribution is -2.39. The third kappa shape index (κ3) is 5.63. The lowest BCUT2D eigenvalue weighted by molar-refractivity contribution is -0.121. The predicted octanol–water partition coefficient (Wildman–Crippen LogP) is 4.20. The van der Waals surface area contributed by atoms with E-state index in [0.717, 1.165) is 17.5 Å². The molecule has 176 valence electrons. The van der Waals surface area contributed by atoms with Crippen molar-refractivity contribution in [3.63, 3.8) is 0 Å². The van der Waals surface area contributed by atoms with Crippen LogP contribution in [0.25, 0.3) is 10.2 Å². The number of thiophene rings is 1. The van der Waals surface area contributed by atoms with E-state index in [0.29, 0.717) is 54.1 Å². The third-order valence-electron chi connectivity index (χ3n) is 5.62. The van der Waals surface area contributed by atoms with Gasteiger partial charge in [0, 0.05) is 36.9 Å². The molecule has 3 heterocycles. The Kier molecular flexibility index (Phi) is 7.92. The van der Waals surface area contributed by atoms with Crippen molar-refractivity contribution in [3.05, 3.63) is 97.2 Å². The van der Waals surface area contributed by atoms with Gasteiger partial charge in [0.25, 0.3) is 5.56 Å². The van der Waals surface area contributed by atoms with Gasteiger partial charge in [-0.05, 0) is 47.5 Å². The van der Waals surface area contributed by atoms with E-state index in [1.807, 2.05) is 41.8 Å². The van der Waals surface area contributed by atoms with E-state index in [9.17, 15) is 14.4 Å². The lowest BCUT2D eigenvalue weighted by Gasteiger charge is -2.12. The van der Waals surface area contributed by atoms with Crippen molar-refractivity contribution in [2.45, 2.75) is 45.3 Å². The van der Waals surface area contributed by atoms with Gasteiger partial charge in [0.05, 0.1) is 12.1 Å². The molecule has 34 heavy (non-hydrogen) atoms. The smallest absolute Gasteiger partial charge is 0.331 e. The molecule has 0 saturated heterocycles. The van der Waals surface area contributed by atoms with Crippen molar-refractivity contribution in [1.82, 2.24) is 19.4 Å². The van der Waals surface area contributed by atoms with Gasteiger partial charge in [-0.3, -0.25) is 23.7 Å². The molecule has 0 atom stereocenters. The van der Waals surface area contributed by atoms with Crippen LogP contribution in [0.15, 0.2) is 69.8 Å². The number of pyridine rings is 1. The minimum atomic E-state index is -0.322. The number of halogens is 1. The Labute approximate surface area is 205 Å². The highest BCUT2D eigenvalue weighted by Gasteiger charge is 2.14. The van der Waals surface area contributed by atoms with Crippen molar-refractivity contribution in [3.8, 4) is 0 Å². The highest BCUT2D eigenvalue weighted by Crippen LogP contribution is 2.17. The Morgan fingerprint density at radius 2 is 1.88 bits per heavy atom. The molecule has 0 aliphatic heterocycles. The number of hydrogen-bond acceptors (Lipinski definition) is 5. The number of nitrogens with one attached hydrogen (secondary N) is 1. The summed E-state index contributed by atoms with van der Waals surface area (Å²) in [5.41, 5.74) is 1.84. The van der Waals surface area contributed by atoms with Gasteiger partial charge in [0.1, 0.15) is 4.70 Å². The van der Waals surface area contributed by atoms with Crippen molar-refractivity contribution < 1.29 is 4.79 Å². The van der Waals surface area contributed by atoms with Crippen LogP contribution < -0.4 is 16.6 Å². The number of benzene rings is 1. The maximum Gasteiger partial charge on any atom is 0.331 e. The topological polar surface area (TPSA) is 86.0 Å². The third-order valence-corrected chi connectivity index (χ3v) is 6.88. The van der Waals surface area contributed by atoms with E-state index in [2.05, 4.69) is 10.3 Å². The molecule has 0 aliphatic rings. The number of rotatable bonds is 10. The van der Waals surface area contributed by atoms with Crippen molar-refractivity contribution in [2.75, 3.05) is 0 Å². The summed E-state index contributed by atoms with van der Waals surface area (Å²) < 4.78 is 3.52. The molecule has 0 radical (unpaired) electrons. The molecule has 4 aromatic rings. The molecule has 4 rings (SSSR count). The zero-order chi connectivity index (χ0) is 23.9. The number of fused-ring (bicyclic) bond motifs is 1. The van der Waals surface area contributed by atoms with Crippen LogP contribution in [0.1, 0.15) is 36.8 Å². The van der Waals surface area contributed by atoms with E-state index in [1.165, 1.54) is 15.9 Å². The SMILES string of the molecule is O=C(CCCCCn1c(=O)c2sccc2n(Cc2cccnc2)c1=O)NCc1ccccc1Cl. The Hall–Kier alpha value is -3.23. The lowest BCUT2D eigenvalue weighted by atomic mass is 10.1. The molecule has 1 N–H and O–H groups in total. The van der Waals surface area contributed by atoms with Crippen molar-refractivity contribution >= 4 is 39.1 Å². The standard InChI is InChI=1S/C25H25ClN4O3S/c26-20-9-4-3-8-19(20)16-28-22(31)10-2-1-5-13-29-24(32)23-21(11-14-34-23)30(25(29)33)17-18-7-6-12-27-15-18/h3-4,6-9,11-12,14-15H,1-2,5,10,13,16-17H2,(H,28,31). The van der Waals surface area contributed by atoms with Gasteiger partial charge in [0.15, 0.2) is 0 Å². The molecule has 0 fully saturated rings. The number of unbranched alkanes of at least 4 members (excludes halogenated alkanes) is 2. The first-order valence-corrected chi connectivity index (χ1v) is 12.4. The van der Waals surface area contributed by atoms with Gasteiger partial charge in [0.2, 0.25) is 5.91 Å². The number of hydrogen-bond donors (Lipinski definition) is 1. The number of aromatic nitrogens is 3. The van der Waals surface area contributed by atoms with Gasteiger partial charge < -0.3 is 5.32 Å². The predicted molar refractivity (Wildman–Crippen MR) is 135 cm³/mol. The van der Waals surface area contributed by atoms with Crippen LogP contribution in [-0.2, 0) is 24.4 Å². The fourth-order valence-corrected chi connectivity index (χ4v) is 4.86. The van der Waals surface area contributed by atoms with Crippen LogP contribution in [0.2, 0.25) is 5.02 Å². The van der Waals surface area contributed by atoms with Crippen molar-refractivity contribution in [2.24, 2.45) is 0 Å². The second-order valence-electron chi connectivity index (χ2n) is 8.00. The molecule has 3 aromatic heterocycles. The number of amides is 1. The van der Waals surface area contributed by atoms with E-state index in [4.69, 9.17) is 11.6 Å². The molecule has 9 heteroatoms. The van der Waals surface area contributed by atoms with E-state index in [1.54, 1.807) is 23.0 Å². The fourth-order valence-electron chi connectivity index (χ4n) is 3.81. The highest BCUT2D eigenvalue weighted by atomic mass is 35.5. The summed E-state index contributed by atoms with van der Waals surface area (Å²) in [4.78, 5) is 42.3. The molecular formula is C25H25ClN4O3S. The number of carbonyl (C=O) groups is 1. The van der Waals surface area contributed by atoms with E-state index in [-0.39, 0.29) is 17.2 Å². The zero-order valence-corrected chi connectivity index (χ0v) is 20.1. The Bertz CT molecular complexity index is 1390. The summed E-state index contributed by atoms with van der Waals surface area (Å²) in [6.45, 7) is 1.07. The van der Waals surface area contributed by atoms with E-state index >= 15 is 0 Å². The average molecular weight is 497 g/mol. The molecule has 1 amide bonds. The first kappa shape index (κ1) is 23.9. The quantitative estimate of drug-likeness (QED) is 0.333. The monoisotopic (exact) mass is 496 g/mol. The highest BCUT2D eigenvalue weighted by molar-refractivity contribution is 7.17. The fraction of sp³-hybridized carbons (Fsp3) is 0.280. The molecule has 1 aromatic carbocycles. The van der Waals surface area contributed by atoms with Crippen LogP contribution in [-0.4, -0.2) is 20.0 Å². The molecule has 7 nitrogen and oxygen atoms in total. The van der Waals surface area contributed by atoms with Gasteiger partial charge in [-0.25, -0.2) is 4.79 Å². The first-order valence-electron chi connectivity index (χ1n) is 11.1. The number of nitrogens with zero attached hydrogens (tertiary/aromatic N) is 3. The van der Waals surface area contributed by atoms with Crippen LogP contribution in [0, 0.1) is 0 Å². The summed E-state index contributed by atoms with van der Waals surface area (Å²) in [6.07, 6.45) is 5.83. The van der Waals surface area contributed by atoms with Crippen LogP contribution in [0.4, 0.5) is 0 Å². The Morgan fingerprint density at radius 1 is 1.03 bits per heavy atom. The maximum absolute atomic E-state index is 13.2. The second-order valence-corrected chi connectivity index (χ2v) is 9.32. The second kappa shape index (κ2) is 11.3. The molecule has 0 saturated carbocycles. The normalized spacial score (nSPS) is 11.1. The number of carbonyl (C=O) groups excluding carboxylic acids is 1. The Balaban J connectivity index is 1.34. The van der Waals surface area contributed by atoms with Crippen LogP contribution in [0.3, 0.4) is 0 Å². The van der Waals surface area contributed by atoms with Crippen LogP contribution >= 0.6 is 22.9 Å².